The van der Waals surface area contributed by atoms with Crippen molar-refractivity contribution in [3.63, 3.8) is 0 Å². The summed E-state index contributed by atoms with van der Waals surface area (Å²) in [5, 5.41) is 3.66. The molecule has 0 N–H and O–H groups in total. The van der Waals surface area contributed by atoms with Crippen LogP contribution in [-0.4, -0.2) is 33.8 Å². The van der Waals surface area contributed by atoms with Crippen LogP contribution in [0.4, 0.5) is 147 Å². The first kappa shape index (κ1) is 80.6. The summed E-state index contributed by atoms with van der Waals surface area (Å²) in [6, 6.07) is 79.6. The molecule has 0 spiro atoms. The SMILES string of the molecule is Fc1cccc(F)c1N1c2cc3c(cc2B2c4sc5ccccc5c4Oc4cc(-n5c6c(F)cccc6c6cccc(F)c65)cc1c42)B1c2cc4c(cc2N(c2c(F)cccc2F)c2cc(-n5c6ccccc6c6ccccc65)cc(c21)N3c1c(F)cccc1F)N(c1c(F)cccc1F)c1cc(-n2c3c(F)cccc3c3cccc(F)c32)cc2c1B4c1sc3ccccc3c1N2c1c(F)cccc1F. The zero-order valence-corrected chi connectivity index (χ0v) is 73.6. The number of nitrogens with zero attached hydrogens (tertiary/aromatic N) is 8. The molecule has 0 saturated heterocycles. The molecular weight excluding hydrogens is 1840 g/mol. The highest BCUT2D eigenvalue weighted by Gasteiger charge is 2.55. The minimum atomic E-state index is -1.44. The van der Waals surface area contributed by atoms with Crippen molar-refractivity contribution in [2.75, 3.05) is 24.5 Å². The Labute approximate surface area is 792 Å². The molecule has 140 heavy (non-hydrogen) atoms. The molecule has 5 aromatic heterocycles. The number of fused-ring (bicyclic) bond motifs is 25. The molecule has 6 aliphatic rings. The summed E-state index contributed by atoms with van der Waals surface area (Å²) in [6.07, 6.45) is 0. The molecule has 0 unspecified atom stereocenters. The van der Waals surface area contributed by atoms with Crippen LogP contribution in [0.2, 0.25) is 0 Å². The van der Waals surface area contributed by atoms with Crippen LogP contribution in [0.3, 0.4) is 0 Å². The maximum absolute atomic E-state index is 18.9. The summed E-state index contributed by atoms with van der Waals surface area (Å²) < 4.78 is 270. The predicted molar refractivity (Wildman–Crippen MR) is 534 cm³/mol. The Hall–Kier alpha value is -16.7. The highest BCUT2D eigenvalue weighted by Crippen LogP contribution is 2.58. The van der Waals surface area contributed by atoms with E-state index in [4.69, 9.17) is 4.74 Å². The molecule has 0 bridgehead atoms. The topological polar surface area (TPSA) is 40.2 Å². The van der Waals surface area contributed by atoms with Crippen molar-refractivity contribution in [3.8, 4) is 28.6 Å². The zero-order valence-electron chi connectivity index (χ0n) is 71.9. The lowest BCUT2D eigenvalue weighted by Gasteiger charge is -2.48. The van der Waals surface area contributed by atoms with Crippen LogP contribution >= 0.6 is 22.7 Å². The molecule has 0 radical (unpaired) electrons. The summed E-state index contributed by atoms with van der Waals surface area (Å²) in [5.41, 5.74) is -1.47. The van der Waals surface area contributed by atoms with E-state index in [1.165, 1.54) is 141 Å². The molecule has 9 nitrogen and oxygen atoms in total. The molecule has 11 heterocycles. The molecule has 23 aromatic rings. The zero-order chi connectivity index (χ0) is 94.0. The molecular formula is C112H53B3F14N8OS2. The number of hydrogen-bond acceptors (Lipinski definition) is 8. The van der Waals surface area contributed by atoms with Crippen molar-refractivity contribution in [1.82, 2.24) is 13.7 Å². The molecule has 0 aliphatic carbocycles. The number of ether oxygens (including phenoxy) is 1. The first-order valence-corrected chi connectivity index (χ1v) is 46.5. The van der Waals surface area contributed by atoms with Gasteiger partial charge in [0.25, 0.3) is 20.1 Å². The molecule has 28 heteroatoms. The fraction of sp³-hybridized carbons (Fsp3) is 0. The fourth-order valence-electron chi connectivity index (χ4n) is 23.4. The third-order valence-corrected chi connectivity index (χ3v) is 31.1. The molecule has 666 valence electrons. The smallest absolute Gasteiger partial charge is 0.268 e. The molecule has 0 fully saturated rings. The second kappa shape index (κ2) is 29.0. The van der Waals surface area contributed by atoms with Crippen LogP contribution in [0, 0.1) is 81.4 Å². The maximum Gasteiger partial charge on any atom is 0.268 e. The number of halogens is 14. The minimum absolute atomic E-state index is 0.00785. The number of benzene rings is 18. The quantitative estimate of drug-likeness (QED) is 0.112. The van der Waals surface area contributed by atoms with Crippen LogP contribution in [0.1, 0.15) is 0 Å². The summed E-state index contributed by atoms with van der Waals surface area (Å²) in [5.74, 6) is -14.1. The molecule has 0 saturated carbocycles. The number of rotatable bonds is 8. The van der Waals surface area contributed by atoms with Crippen molar-refractivity contribution >= 4 is 262 Å². The highest BCUT2D eigenvalue weighted by atomic mass is 32.1. The Morgan fingerprint density at radius 3 is 0.886 bits per heavy atom. The van der Waals surface area contributed by atoms with Crippen molar-refractivity contribution in [2.24, 2.45) is 0 Å². The van der Waals surface area contributed by atoms with Gasteiger partial charge in [-0.15, -0.1) is 22.7 Å². The predicted octanol–water partition coefficient (Wildman–Crippen LogP) is 25.9. The second-order valence-corrected chi connectivity index (χ2v) is 37.9. The fourth-order valence-corrected chi connectivity index (χ4v) is 26.0. The van der Waals surface area contributed by atoms with Gasteiger partial charge in [-0.25, -0.2) is 61.5 Å². The third kappa shape index (κ3) is 10.7. The first-order valence-electron chi connectivity index (χ1n) is 44.9. The van der Waals surface area contributed by atoms with Crippen LogP contribution in [0.15, 0.2) is 322 Å². The van der Waals surface area contributed by atoms with Gasteiger partial charge in [0.1, 0.15) is 121 Å². The molecule has 18 aromatic carbocycles. The van der Waals surface area contributed by atoms with Crippen molar-refractivity contribution in [2.45, 2.75) is 0 Å². The Bertz CT molecular complexity index is 9370. The van der Waals surface area contributed by atoms with Gasteiger partial charge in [-0.2, -0.15) is 0 Å². The molecule has 0 amide bonds. The Kier molecular flexibility index (Phi) is 16.7. The average Bonchev–Trinajstić information content (AvgIpc) is 1.13. The number of para-hydroxylation sites is 11. The van der Waals surface area contributed by atoms with Gasteiger partial charge < -0.3 is 42.9 Å². The van der Waals surface area contributed by atoms with Crippen molar-refractivity contribution in [3.05, 3.63) is 403 Å². The summed E-state index contributed by atoms with van der Waals surface area (Å²) >= 11 is 2.58. The number of anilines is 15. The first-order chi connectivity index (χ1) is 68.3. The van der Waals surface area contributed by atoms with E-state index < -0.39 is 130 Å². The van der Waals surface area contributed by atoms with E-state index in [0.717, 1.165) is 82.2 Å². The molecule has 6 aliphatic heterocycles. The average molecular weight is 1890 g/mol. The summed E-state index contributed by atoms with van der Waals surface area (Å²) in [7, 11) is 0. The number of hydrogen-bond donors (Lipinski definition) is 0. The van der Waals surface area contributed by atoms with Crippen LogP contribution < -0.4 is 77.0 Å². The van der Waals surface area contributed by atoms with E-state index >= 15 is 61.5 Å². The maximum atomic E-state index is 18.9. The van der Waals surface area contributed by atoms with Gasteiger partial charge >= 0.3 is 0 Å². The second-order valence-electron chi connectivity index (χ2n) is 35.7. The Morgan fingerprint density at radius 2 is 0.486 bits per heavy atom. The van der Waals surface area contributed by atoms with Crippen LogP contribution in [0.25, 0.3) is 103 Å². The van der Waals surface area contributed by atoms with E-state index in [-0.39, 0.29) is 145 Å². The van der Waals surface area contributed by atoms with Gasteiger partial charge in [0.2, 0.25) is 0 Å². The minimum Gasteiger partial charge on any atom is -0.457 e. The lowest BCUT2D eigenvalue weighted by molar-refractivity contribution is 0.494. The summed E-state index contributed by atoms with van der Waals surface area (Å²) in [6.45, 7) is -3.83. The van der Waals surface area contributed by atoms with Crippen molar-refractivity contribution < 1.29 is 66.2 Å². The number of aromatic nitrogens is 3. The monoisotopic (exact) mass is 1890 g/mol. The highest BCUT2D eigenvalue weighted by molar-refractivity contribution is 7.34. The van der Waals surface area contributed by atoms with Gasteiger partial charge in [-0.05, 0) is 196 Å². The van der Waals surface area contributed by atoms with Crippen molar-refractivity contribution in [1.29, 1.82) is 0 Å². The van der Waals surface area contributed by atoms with Gasteiger partial charge in [0.05, 0.1) is 55.8 Å². The van der Waals surface area contributed by atoms with E-state index in [9.17, 15) is 0 Å². The third-order valence-electron chi connectivity index (χ3n) is 28.7. The van der Waals surface area contributed by atoms with E-state index in [1.54, 1.807) is 91.0 Å². The Morgan fingerprint density at radius 1 is 0.207 bits per heavy atom. The van der Waals surface area contributed by atoms with Gasteiger partial charge in [0, 0.05) is 119 Å². The van der Waals surface area contributed by atoms with Gasteiger partial charge in [-0.1, -0.05) is 158 Å². The Balaban J connectivity index is 0.799. The number of thiophene rings is 2. The van der Waals surface area contributed by atoms with E-state index in [0.29, 0.717) is 58.0 Å². The summed E-state index contributed by atoms with van der Waals surface area (Å²) in [4.78, 5) is 6.70. The normalized spacial score (nSPS) is 13.6. The molecule has 0 atom stereocenters. The lowest BCUT2D eigenvalue weighted by atomic mass is 9.30. The largest absolute Gasteiger partial charge is 0.457 e. The van der Waals surface area contributed by atoms with Crippen LogP contribution in [0.5, 0.6) is 11.5 Å². The van der Waals surface area contributed by atoms with E-state index in [2.05, 4.69) is 0 Å². The van der Waals surface area contributed by atoms with Gasteiger partial charge in [0.15, 0.2) is 0 Å². The lowest BCUT2D eigenvalue weighted by Crippen LogP contribution is -2.66. The van der Waals surface area contributed by atoms with E-state index in [1.807, 2.05) is 83.4 Å². The standard InChI is InChI=1S/C112H53B3F14N8OS2/c116-69-26-9-22-59-60-23-10-27-70(117)101(60)131(100(59)69)55-46-91-98-92(47-55)137(109-81(128)38-17-39-82(109)129)104-63-20-3-7-42-95(63)139-111(104)114(98)67-50-65-85(52-87(67)135(91)107-77(124)34-15-35-78(107)125)133(105-73(120)30-13-31-74(105)121)89-44-54(130-83-40-5-1-18-57(83)58-19-2-6-41-84(58)130)45-90-97(89)113(65)66-51-68-88(53-86(66)134(90)106-75(122)32-14-33-76(106)123)136(108-79(126)36-16-37-80(108)127)93-48-56(132-102-61(24-11-28-71(102)118)62-25-12-29-72(119)103(62)132)49-94-99(93)115(68)112-110(138-94)64-21-4-8-43-96(64)140-112/h1-53H. The van der Waals surface area contributed by atoms with Gasteiger partial charge in [-0.3, -0.25) is 0 Å². The molecule has 29 rings (SSSR count). The van der Waals surface area contributed by atoms with Crippen LogP contribution in [-0.2, 0) is 0 Å².